The minimum absolute atomic E-state index is 0. The fraction of sp³-hybridized carbons (Fsp3) is 0.476. The molecule has 28 heavy (non-hydrogen) atoms. The van der Waals surface area contributed by atoms with Crippen molar-refractivity contribution < 1.29 is 9.84 Å². The van der Waals surface area contributed by atoms with Gasteiger partial charge in [-0.15, -0.1) is 35.3 Å². The molecule has 156 valence electrons. The number of hydrogen-bond acceptors (Lipinski definition) is 4. The van der Waals surface area contributed by atoms with Gasteiger partial charge in [-0.2, -0.15) is 0 Å². The number of ether oxygens (including phenoxy) is 1. The minimum atomic E-state index is -0.595. The van der Waals surface area contributed by atoms with Gasteiger partial charge in [0.05, 0.1) is 25.9 Å². The number of guanidine groups is 1. The normalized spacial score (nSPS) is 12.9. The number of aliphatic hydroxyl groups excluding tert-OH is 1. The number of nitrogens with one attached hydrogen (secondary N) is 2. The van der Waals surface area contributed by atoms with Crippen LogP contribution in [0.5, 0.6) is 0 Å². The van der Waals surface area contributed by atoms with Gasteiger partial charge in [0, 0.05) is 23.4 Å². The Hall–Kier alpha value is -1.16. The summed E-state index contributed by atoms with van der Waals surface area (Å²) in [5.41, 5.74) is 1.08. The Morgan fingerprint density at radius 3 is 2.57 bits per heavy atom. The molecule has 7 heteroatoms. The average molecular weight is 517 g/mol. The van der Waals surface area contributed by atoms with E-state index in [2.05, 4.69) is 42.0 Å². The lowest BCUT2D eigenvalue weighted by Gasteiger charge is -2.22. The summed E-state index contributed by atoms with van der Waals surface area (Å²) in [7, 11) is 0. The molecule has 0 aliphatic carbocycles. The molecule has 0 aliphatic rings. The lowest BCUT2D eigenvalue weighted by Crippen LogP contribution is -2.43. The van der Waals surface area contributed by atoms with Gasteiger partial charge in [-0.3, -0.25) is 4.99 Å². The van der Waals surface area contributed by atoms with E-state index >= 15 is 0 Å². The third-order valence-corrected chi connectivity index (χ3v) is 5.33. The molecule has 2 rings (SSSR count). The number of aliphatic imine (C=N–C) groups is 1. The molecule has 1 unspecified atom stereocenters. The molecular formula is C21H32IN3O2S. The van der Waals surface area contributed by atoms with E-state index in [1.165, 1.54) is 4.88 Å². The molecule has 0 saturated carbocycles. The second-order valence-corrected chi connectivity index (χ2v) is 8.04. The van der Waals surface area contributed by atoms with Gasteiger partial charge >= 0.3 is 0 Å². The first-order valence-corrected chi connectivity index (χ1v) is 10.2. The fourth-order valence-corrected chi connectivity index (χ4v) is 3.36. The Balaban J connectivity index is 0.00000392. The van der Waals surface area contributed by atoms with Crippen molar-refractivity contribution in [3.63, 3.8) is 0 Å². The summed E-state index contributed by atoms with van der Waals surface area (Å²) in [6, 6.07) is 14.2. The molecule has 2 aromatic rings. The summed E-state index contributed by atoms with van der Waals surface area (Å²) in [4.78, 5) is 6.01. The van der Waals surface area contributed by atoms with Crippen LogP contribution in [0.25, 0.3) is 0 Å². The molecule has 0 amide bonds. The molecule has 0 spiro atoms. The third kappa shape index (κ3) is 8.89. The topological polar surface area (TPSA) is 65.9 Å². The van der Waals surface area contributed by atoms with Gasteiger partial charge in [-0.1, -0.05) is 50.2 Å². The van der Waals surface area contributed by atoms with Gasteiger partial charge in [-0.25, -0.2) is 0 Å². The molecule has 1 heterocycles. The van der Waals surface area contributed by atoms with E-state index in [1.807, 2.05) is 37.3 Å². The van der Waals surface area contributed by atoms with Gasteiger partial charge in [0.1, 0.15) is 0 Å². The largest absolute Gasteiger partial charge is 0.389 e. The molecular weight excluding hydrogens is 485 g/mol. The number of nitrogens with zero attached hydrogens (tertiary/aromatic N) is 1. The van der Waals surface area contributed by atoms with Crippen LogP contribution in [0.1, 0.15) is 31.2 Å². The summed E-state index contributed by atoms with van der Waals surface area (Å²) in [6.07, 6.45) is -0.595. The number of aliphatic hydroxyl groups is 1. The maximum absolute atomic E-state index is 10.2. The van der Waals surface area contributed by atoms with Crippen molar-refractivity contribution >= 4 is 41.3 Å². The van der Waals surface area contributed by atoms with Crippen LogP contribution in [0.4, 0.5) is 0 Å². The van der Waals surface area contributed by atoms with E-state index in [9.17, 15) is 5.11 Å². The maximum Gasteiger partial charge on any atom is 0.191 e. The quantitative estimate of drug-likeness (QED) is 0.255. The Bertz CT molecular complexity index is 678. The zero-order valence-corrected chi connectivity index (χ0v) is 20.0. The number of rotatable bonds is 10. The van der Waals surface area contributed by atoms with Crippen molar-refractivity contribution in [2.45, 2.75) is 38.9 Å². The van der Waals surface area contributed by atoms with Crippen LogP contribution in [0.15, 0.2) is 52.8 Å². The Morgan fingerprint density at radius 2 is 1.93 bits per heavy atom. The van der Waals surface area contributed by atoms with Crippen LogP contribution >= 0.6 is 35.3 Å². The molecule has 1 aromatic heterocycles. The molecule has 1 aromatic carbocycles. The highest BCUT2D eigenvalue weighted by Gasteiger charge is 2.21. The van der Waals surface area contributed by atoms with Crippen LogP contribution in [0, 0.1) is 0 Å². The zero-order valence-electron chi connectivity index (χ0n) is 16.9. The lowest BCUT2D eigenvalue weighted by molar-refractivity contribution is 0.0308. The molecule has 0 saturated heterocycles. The van der Waals surface area contributed by atoms with Crippen LogP contribution < -0.4 is 10.6 Å². The maximum atomic E-state index is 10.2. The van der Waals surface area contributed by atoms with Crippen molar-refractivity contribution in [3.05, 3.63) is 58.3 Å². The van der Waals surface area contributed by atoms with E-state index in [0.29, 0.717) is 25.7 Å². The summed E-state index contributed by atoms with van der Waals surface area (Å²) in [6.45, 7) is 9.02. The van der Waals surface area contributed by atoms with Crippen molar-refractivity contribution in [1.82, 2.24) is 10.6 Å². The van der Waals surface area contributed by atoms with Gasteiger partial charge in [0.2, 0.25) is 0 Å². The van der Waals surface area contributed by atoms with Crippen LogP contribution in [0.3, 0.4) is 0 Å². The molecule has 1 atom stereocenters. The van der Waals surface area contributed by atoms with Crippen LogP contribution in [-0.2, 0) is 16.8 Å². The number of benzene rings is 1. The first-order valence-electron chi connectivity index (χ1n) is 9.37. The molecule has 0 radical (unpaired) electrons. The Kier molecular flexibility index (Phi) is 11.7. The van der Waals surface area contributed by atoms with E-state index in [0.717, 1.165) is 12.1 Å². The molecule has 0 aliphatic heterocycles. The third-order valence-electron chi connectivity index (χ3n) is 4.09. The van der Waals surface area contributed by atoms with E-state index < -0.39 is 6.10 Å². The SMILES string of the molecule is CCNC(=NCC(C)(C)c1cccs1)NCC(O)COCc1ccccc1.I. The molecule has 5 nitrogen and oxygen atoms in total. The first-order chi connectivity index (χ1) is 13.0. The number of thiophene rings is 1. The second kappa shape index (κ2) is 13.1. The fourth-order valence-electron chi connectivity index (χ4n) is 2.52. The van der Waals surface area contributed by atoms with Gasteiger partial charge in [0.25, 0.3) is 0 Å². The number of halogens is 1. The van der Waals surface area contributed by atoms with Crippen molar-refractivity contribution in [3.8, 4) is 0 Å². The minimum Gasteiger partial charge on any atom is -0.389 e. The average Bonchev–Trinajstić information content (AvgIpc) is 3.21. The van der Waals surface area contributed by atoms with Gasteiger partial charge in [-0.05, 0) is 23.9 Å². The molecule has 3 N–H and O–H groups in total. The van der Waals surface area contributed by atoms with Crippen molar-refractivity contribution in [2.24, 2.45) is 4.99 Å². The van der Waals surface area contributed by atoms with E-state index in [-0.39, 0.29) is 36.0 Å². The van der Waals surface area contributed by atoms with Crippen molar-refractivity contribution in [1.29, 1.82) is 0 Å². The Labute approximate surface area is 189 Å². The first kappa shape index (κ1) is 24.9. The van der Waals surface area contributed by atoms with Gasteiger partial charge < -0.3 is 20.5 Å². The van der Waals surface area contributed by atoms with Crippen LogP contribution in [-0.4, -0.2) is 43.4 Å². The lowest BCUT2D eigenvalue weighted by atomic mass is 9.92. The summed E-state index contributed by atoms with van der Waals surface area (Å²) in [5.74, 6) is 0.712. The highest BCUT2D eigenvalue weighted by Crippen LogP contribution is 2.27. The molecule has 0 fully saturated rings. The Morgan fingerprint density at radius 1 is 1.18 bits per heavy atom. The van der Waals surface area contributed by atoms with E-state index in [1.54, 1.807) is 11.3 Å². The smallest absolute Gasteiger partial charge is 0.191 e. The monoisotopic (exact) mass is 517 g/mol. The summed E-state index contributed by atoms with van der Waals surface area (Å²) >= 11 is 1.75. The highest BCUT2D eigenvalue weighted by molar-refractivity contribution is 14.0. The molecule has 0 bridgehead atoms. The second-order valence-electron chi connectivity index (χ2n) is 7.09. The zero-order chi connectivity index (χ0) is 19.5. The van der Waals surface area contributed by atoms with Crippen LogP contribution in [0.2, 0.25) is 0 Å². The summed E-state index contributed by atoms with van der Waals surface area (Å²) in [5, 5.41) is 18.7. The van der Waals surface area contributed by atoms with E-state index in [4.69, 9.17) is 9.73 Å². The van der Waals surface area contributed by atoms with Crippen molar-refractivity contribution in [2.75, 3.05) is 26.2 Å². The number of hydrogen-bond donors (Lipinski definition) is 3. The summed E-state index contributed by atoms with van der Waals surface area (Å²) < 4.78 is 5.59. The predicted octanol–water partition coefficient (Wildman–Crippen LogP) is 3.78. The van der Waals surface area contributed by atoms with Gasteiger partial charge in [0.15, 0.2) is 5.96 Å². The highest BCUT2D eigenvalue weighted by atomic mass is 127. The predicted molar refractivity (Wildman–Crippen MR) is 129 cm³/mol. The standard InChI is InChI=1S/C21H31N3O2S.HI/c1-4-22-20(24-16-21(2,3)19-11-8-12-27-19)23-13-18(25)15-26-14-17-9-6-5-7-10-17;/h5-12,18,25H,4,13-16H2,1-3H3,(H2,22,23,24);1H.